The van der Waals surface area contributed by atoms with E-state index in [4.69, 9.17) is 0 Å². The van der Waals surface area contributed by atoms with Crippen LogP contribution in [0.4, 0.5) is 0 Å². The maximum atomic E-state index is 13.0. The van der Waals surface area contributed by atoms with Crippen LogP contribution in [-0.2, 0) is 14.4 Å². The van der Waals surface area contributed by atoms with Crippen molar-refractivity contribution in [2.24, 2.45) is 11.3 Å². The van der Waals surface area contributed by atoms with Crippen LogP contribution < -0.4 is 0 Å². The number of carbonyl (C=O) groups excluding carboxylic acids is 2. The largest absolute Gasteiger partial charge is 0.480 e. The van der Waals surface area contributed by atoms with E-state index in [2.05, 4.69) is 0 Å². The van der Waals surface area contributed by atoms with Crippen LogP contribution in [0.5, 0.6) is 0 Å². The zero-order chi connectivity index (χ0) is 22.7. The minimum Gasteiger partial charge on any atom is -0.480 e. The number of rotatable bonds is 6. The van der Waals surface area contributed by atoms with E-state index in [0.29, 0.717) is 30.0 Å². The third-order valence-electron chi connectivity index (χ3n) is 7.73. The van der Waals surface area contributed by atoms with E-state index < -0.39 is 23.0 Å². The minimum atomic E-state index is -1.34. The standard InChI is InChI=1S/C24H31NO5S/c1-13-10-16-19(15(3)24(7-8-24)23(4,30)20(16)26)17(13)12-31-11-14(2)21(27)25-9-5-6-18(25)22(28)29/h10,14,18,30H,5-9,11-12H2,1-4H3,(H,28,29). The van der Waals surface area contributed by atoms with E-state index in [1.165, 1.54) is 4.90 Å². The summed E-state index contributed by atoms with van der Waals surface area (Å²) in [5.74, 6) is -0.184. The molecule has 0 aromatic rings. The first-order chi connectivity index (χ1) is 14.5. The molecule has 2 N–H and O–H groups in total. The molecule has 31 heavy (non-hydrogen) atoms. The van der Waals surface area contributed by atoms with E-state index in [9.17, 15) is 24.6 Å². The van der Waals surface area contributed by atoms with Gasteiger partial charge in [0.1, 0.15) is 11.6 Å². The van der Waals surface area contributed by atoms with Crippen LogP contribution in [0.1, 0.15) is 53.4 Å². The Labute approximate surface area is 187 Å². The average molecular weight is 446 g/mol. The number of hydrogen-bond acceptors (Lipinski definition) is 5. The summed E-state index contributed by atoms with van der Waals surface area (Å²) < 4.78 is 0. The molecular formula is C24H31NO5S. The SMILES string of the molecule is CC1=C(CSCC(C)C(=O)N2CCCC2C(=O)O)C2=C(C)C3(CC3)C(C)(O)C(=O)C2=C1. The normalized spacial score (nSPS) is 30.1. The Morgan fingerprint density at radius 2 is 2.00 bits per heavy atom. The molecule has 1 aliphatic heterocycles. The van der Waals surface area contributed by atoms with Gasteiger partial charge < -0.3 is 15.1 Å². The maximum absolute atomic E-state index is 13.0. The summed E-state index contributed by atoms with van der Waals surface area (Å²) in [5.41, 5.74) is 3.14. The molecule has 4 rings (SSSR count). The minimum absolute atomic E-state index is 0.0930. The first-order valence-electron chi connectivity index (χ1n) is 11.0. The summed E-state index contributed by atoms with van der Waals surface area (Å²) in [6, 6.07) is -0.699. The van der Waals surface area contributed by atoms with Crippen molar-refractivity contribution in [1.82, 2.24) is 4.90 Å². The fraction of sp³-hybridized carbons (Fsp3) is 0.625. The molecule has 3 unspecified atom stereocenters. The molecule has 168 valence electrons. The van der Waals surface area contributed by atoms with Gasteiger partial charge in [-0.3, -0.25) is 9.59 Å². The zero-order valence-electron chi connectivity index (χ0n) is 18.7. The van der Waals surface area contributed by atoms with Gasteiger partial charge in [0.25, 0.3) is 0 Å². The Kier molecular flexibility index (Phi) is 5.49. The van der Waals surface area contributed by atoms with E-state index in [-0.39, 0.29) is 17.6 Å². The number of hydrogen-bond donors (Lipinski definition) is 2. The number of carboxylic acids is 1. The molecule has 0 bridgehead atoms. The number of carbonyl (C=O) groups is 3. The molecule has 6 nitrogen and oxygen atoms in total. The van der Waals surface area contributed by atoms with Gasteiger partial charge in [0.05, 0.1) is 0 Å². The van der Waals surface area contributed by atoms with Crippen LogP contribution >= 0.6 is 11.8 Å². The van der Waals surface area contributed by atoms with Crippen molar-refractivity contribution in [2.45, 2.75) is 65.0 Å². The average Bonchev–Trinajstić information content (AvgIpc) is 3.27. The number of allylic oxidation sites excluding steroid dienone is 3. The monoisotopic (exact) mass is 445 g/mol. The van der Waals surface area contributed by atoms with E-state index in [1.54, 1.807) is 18.7 Å². The molecule has 0 aromatic heterocycles. The van der Waals surface area contributed by atoms with Crippen molar-refractivity contribution in [3.05, 3.63) is 33.9 Å². The van der Waals surface area contributed by atoms with Gasteiger partial charge in [-0.15, -0.1) is 0 Å². The second kappa shape index (κ2) is 7.62. The number of aliphatic carboxylic acids is 1. The summed E-state index contributed by atoms with van der Waals surface area (Å²) in [6.07, 6.45) is 4.82. The number of ketones is 1. The molecule has 1 amide bonds. The van der Waals surface area contributed by atoms with E-state index in [1.807, 2.05) is 26.8 Å². The van der Waals surface area contributed by atoms with Gasteiger partial charge in [-0.1, -0.05) is 12.5 Å². The fourth-order valence-corrected chi connectivity index (χ4v) is 6.77. The molecule has 1 spiro atoms. The second-order valence-electron chi connectivity index (χ2n) is 9.65. The van der Waals surface area contributed by atoms with E-state index >= 15 is 0 Å². The van der Waals surface area contributed by atoms with Crippen molar-refractivity contribution >= 4 is 29.4 Å². The van der Waals surface area contributed by atoms with Crippen molar-refractivity contribution in [1.29, 1.82) is 0 Å². The number of fused-ring (bicyclic) bond motifs is 1. The van der Waals surface area contributed by atoms with Gasteiger partial charge in [-0.2, -0.15) is 11.8 Å². The Morgan fingerprint density at radius 1 is 1.32 bits per heavy atom. The first kappa shape index (κ1) is 22.3. The molecule has 0 aromatic carbocycles. The molecule has 1 saturated heterocycles. The number of thioether (sulfide) groups is 1. The molecule has 1 saturated carbocycles. The number of nitrogens with zero attached hydrogens (tertiary/aromatic N) is 1. The van der Waals surface area contributed by atoms with Crippen LogP contribution in [-0.4, -0.2) is 62.5 Å². The van der Waals surface area contributed by atoms with Crippen LogP contribution in [0.15, 0.2) is 33.9 Å². The van der Waals surface area contributed by atoms with Crippen LogP contribution in [0.3, 0.4) is 0 Å². The second-order valence-corrected chi connectivity index (χ2v) is 10.7. The third kappa shape index (κ3) is 3.32. The molecule has 4 aliphatic rings. The summed E-state index contributed by atoms with van der Waals surface area (Å²) >= 11 is 1.64. The van der Waals surface area contributed by atoms with Crippen molar-refractivity contribution in [3.8, 4) is 0 Å². The lowest BCUT2D eigenvalue weighted by Gasteiger charge is -2.39. The highest BCUT2D eigenvalue weighted by molar-refractivity contribution is 7.99. The van der Waals surface area contributed by atoms with Gasteiger partial charge in [0.15, 0.2) is 5.78 Å². The lowest BCUT2D eigenvalue weighted by molar-refractivity contribution is -0.149. The van der Waals surface area contributed by atoms with E-state index in [0.717, 1.165) is 41.6 Å². The lowest BCUT2D eigenvalue weighted by Crippen LogP contribution is -2.49. The van der Waals surface area contributed by atoms with Crippen molar-refractivity contribution in [3.63, 3.8) is 0 Å². The molecule has 1 heterocycles. The highest BCUT2D eigenvalue weighted by Crippen LogP contribution is 2.65. The number of aliphatic hydroxyl groups is 1. The molecular weight excluding hydrogens is 414 g/mol. The molecule has 3 atom stereocenters. The topological polar surface area (TPSA) is 94.9 Å². The Morgan fingerprint density at radius 3 is 2.61 bits per heavy atom. The summed E-state index contributed by atoms with van der Waals surface area (Å²) in [5, 5.41) is 20.3. The first-order valence-corrected chi connectivity index (χ1v) is 12.2. The van der Waals surface area contributed by atoms with Crippen molar-refractivity contribution < 1.29 is 24.6 Å². The molecule has 7 heteroatoms. The summed E-state index contributed by atoms with van der Waals surface area (Å²) in [4.78, 5) is 38.7. The van der Waals surface area contributed by atoms with Crippen LogP contribution in [0.25, 0.3) is 0 Å². The van der Waals surface area contributed by atoms with Gasteiger partial charge >= 0.3 is 5.97 Å². The smallest absolute Gasteiger partial charge is 0.326 e. The Hall–Kier alpha value is -1.86. The zero-order valence-corrected chi connectivity index (χ0v) is 19.5. The number of likely N-dealkylation sites (tertiary alicyclic amines) is 1. The Bertz CT molecular complexity index is 953. The van der Waals surface area contributed by atoms with Gasteiger partial charge in [-0.05, 0) is 69.2 Å². The van der Waals surface area contributed by atoms with Crippen molar-refractivity contribution in [2.75, 3.05) is 18.1 Å². The predicted octanol–water partition coefficient (Wildman–Crippen LogP) is 3.12. The van der Waals surface area contributed by atoms with Crippen LogP contribution in [0.2, 0.25) is 0 Å². The molecule has 2 fully saturated rings. The Balaban J connectivity index is 1.44. The highest BCUT2D eigenvalue weighted by atomic mass is 32.2. The van der Waals surface area contributed by atoms with Gasteiger partial charge in [0, 0.05) is 35.0 Å². The summed E-state index contributed by atoms with van der Waals surface area (Å²) in [7, 11) is 0. The number of Topliss-reactive ketones (excluding diaryl/α,β-unsaturated/α-hetero) is 1. The van der Waals surface area contributed by atoms with Gasteiger partial charge in [-0.25, -0.2) is 4.79 Å². The lowest BCUT2D eigenvalue weighted by atomic mass is 9.67. The van der Waals surface area contributed by atoms with Gasteiger partial charge in [0.2, 0.25) is 5.91 Å². The quantitative estimate of drug-likeness (QED) is 0.652. The van der Waals surface area contributed by atoms with Crippen LogP contribution in [0, 0.1) is 11.3 Å². The molecule has 3 aliphatic carbocycles. The predicted molar refractivity (Wildman–Crippen MR) is 120 cm³/mol. The summed E-state index contributed by atoms with van der Waals surface area (Å²) in [6.45, 7) is 8.07. The maximum Gasteiger partial charge on any atom is 0.326 e. The number of carboxylic acid groups (broad SMARTS) is 1. The highest BCUT2D eigenvalue weighted by Gasteiger charge is 2.65. The number of amides is 1. The molecule has 0 radical (unpaired) electrons. The third-order valence-corrected chi connectivity index (χ3v) is 8.95. The fourth-order valence-electron chi connectivity index (χ4n) is 5.58.